The average molecular weight is 265 g/mol. The van der Waals surface area contributed by atoms with Gasteiger partial charge in [0.25, 0.3) is 0 Å². The van der Waals surface area contributed by atoms with E-state index in [-0.39, 0.29) is 12.3 Å². The van der Waals surface area contributed by atoms with Crippen LogP contribution in [0.1, 0.15) is 57.2 Å². The standard InChI is InChI=1S/C14H23N3O2/c1-5-17-9(2)12(10-6-7-10)13(16-17)15-11(18)8-14(3,4)19/h10,19H,5-8H2,1-4H3,(H,15,16,18). The maximum atomic E-state index is 11.9. The van der Waals surface area contributed by atoms with Crippen molar-refractivity contribution in [2.75, 3.05) is 5.32 Å². The number of carbonyl (C=O) groups excluding carboxylic acids is 1. The highest BCUT2D eigenvalue weighted by Gasteiger charge is 2.32. The number of rotatable bonds is 5. The fourth-order valence-electron chi connectivity index (χ4n) is 2.39. The first kappa shape index (κ1) is 14.1. The molecule has 0 aliphatic heterocycles. The number of carbonyl (C=O) groups is 1. The van der Waals surface area contributed by atoms with Gasteiger partial charge in [-0.15, -0.1) is 0 Å². The van der Waals surface area contributed by atoms with Crippen LogP contribution in [0.3, 0.4) is 0 Å². The van der Waals surface area contributed by atoms with Crippen molar-refractivity contribution in [3.05, 3.63) is 11.3 Å². The van der Waals surface area contributed by atoms with Crippen LogP contribution >= 0.6 is 0 Å². The van der Waals surface area contributed by atoms with Gasteiger partial charge in [-0.2, -0.15) is 5.10 Å². The van der Waals surface area contributed by atoms with Gasteiger partial charge in [0.2, 0.25) is 5.91 Å². The fourth-order valence-corrected chi connectivity index (χ4v) is 2.39. The maximum absolute atomic E-state index is 11.9. The number of aliphatic hydroxyl groups is 1. The van der Waals surface area contributed by atoms with E-state index in [2.05, 4.69) is 17.3 Å². The van der Waals surface area contributed by atoms with Crippen LogP contribution in [0.15, 0.2) is 0 Å². The number of amides is 1. The minimum absolute atomic E-state index is 0.0785. The van der Waals surface area contributed by atoms with Crippen LogP contribution in [0.25, 0.3) is 0 Å². The van der Waals surface area contributed by atoms with Crippen LogP contribution in [0.2, 0.25) is 0 Å². The number of nitrogens with zero attached hydrogens (tertiary/aromatic N) is 2. The first-order valence-corrected chi connectivity index (χ1v) is 6.91. The number of nitrogens with one attached hydrogen (secondary N) is 1. The highest BCUT2D eigenvalue weighted by atomic mass is 16.3. The van der Waals surface area contributed by atoms with Crippen molar-refractivity contribution in [2.45, 2.75) is 65.0 Å². The van der Waals surface area contributed by atoms with Crippen molar-refractivity contribution in [3.63, 3.8) is 0 Å². The lowest BCUT2D eigenvalue weighted by Crippen LogP contribution is -2.27. The maximum Gasteiger partial charge on any atom is 0.228 e. The summed E-state index contributed by atoms with van der Waals surface area (Å²) in [5.74, 6) is 1.03. The molecule has 2 N–H and O–H groups in total. The lowest BCUT2D eigenvalue weighted by atomic mass is 10.1. The molecule has 5 heteroatoms. The minimum Gasteiger partial charge on any atom is -0.390 e. The SMILES string of the molecule is CCn1nc(NC(=O)CC(C)(C)O)c(C2CC2)c1C. The van der Waals surface area contributed by atoms with Gasteiger partial charge in [-0.1, -0.05) is 0 Å². The lowest BCUT2D eigenvalue weighted by molar-refractivity contribution is -0.119. The van der Waals surface area contributed by atoms with Gasteiger partial charge in [0.15, 0.2) is 5.82 Å². The zero-order chi connectivity index (χ0) is 14.2. The summed E-state index contributed by atoms with van der Waals surface area (Å²) in [6.07, 6.45) is 2.42. The molecule has 1 aliphatic rings. The molecule has 0 saturated heterocycles. The summed E-state index contributed by atoms with van der Waals surface area (Å²) < 4.78 is 1.92. The molecule has 0 unspecified atom stereocenters. The summed E-state index contributed by atoms with van der Waals surface area (Å²) in [6, 6.07) is 0. The Morgan fingerprint density at radius 2 is 2.16 bits per heavy atom. The Morgan fingerprint density at radius 3 is 2.63 bits per heavy atom. The van der Waals surface area contributed by atoms with Crippen molar-refractivity contribution >= 4 is 11.7 Å². The molecule has 1 aromatic heterocycles. The van der Waals surface area contributed by atoms with Crippen molar-refractivity contribution in [2.24, 2.45) is 0 Å². The van der Waals surface area contributed by atoms with Gasteiger partial charge >= 0.3 is 0 Å². The van der Waals surface area contributed by atoms with E-state index in [1.807, 2.05) is 11.6 Å². The Bertz CT molecular complexity index is 482. The zero-order valence-corrected chi connectivity index (χ0v) is 12.2. The Morgan fingerprint density at radius 1 is 1.53 bits per heavy atom. The summed E-state index contributed by atoms with van der Waals surface area (Å²) in [5, 5.41) is 17.0. The smallest absolute Gasteiger partial charge is 0.228 e. The second kappa shape index (κ2) is 4.96. The van der Waals surface area contributed by atoms with Gasteiger partial charge in [-0.3, -0.25) is 9.48 Å². The first-order valence-electron chi connectivity index (χ1n) is 6.91. The van der Waals surface area contributed by atoms with Crippen LogP contribution in [-0.4, -0.2) is 26.4 Å². The molecule has 0 aromatic carbocycles. The van der Waals surface area contributed by atoms with Crippen LogP contribution in [0.5, 0.6) is 0 Å². The van der Waals surface area contributed by atoms with Crippen molar-refractivity contribution in [3.8, 4) is 0 Å². The molecule has 0 atom stereocenters. The molecule has 5 nitrogen and oxygen atoms in total. The number of aryl methyl sites for hydroxylation is 1. The van der Waals surface area contributed by atoms with Crippen LogP contribution in [0.4, 0.5) is 5.82 Å². The molecule has 1 aliphatic carbocycles. The van der Waals surface area contributed by atoms with Crippen molar-refractivity contribution in [1.29, 1.82) is 0 Å². The Balaban J connectivity index is 2.18. The third-order valence-electron chi connectivity index (χ3n) is 3.39. The highest BCUT2D eigenvalue weighted by molar-refractivity contribution is 5.91. The van der Waals surface area contributed by atoms with Gasteiger partial charge in [0, 0.05) is 17.8 Å². The third-order valence-corrected chi connectivity index (χ3v) is 3.39. The molecular weight excluding hydrogens is 242 g/mol. The van der Waals surface area contributed by atoms with E-state index in [1.165, 1.54) is 18.4 Å². The van der Waals surface area contributed by atoms with Gasteiger partial charge < -0.3 is 10.4 Å². The molecule has 19 heavy (non-hydrogen) atoms. The van der Waals surface area contributed by atoms with E-state index in [0.29, 0.717) is 11.7 Å². The molecule has 1 heterocycles. The van der Waals surface area contributed by atoms with Crippen LogP contribution < -0.4 is 5.32 Å². The number of hydrogen-bond acceptors (Lipinski definition) is 3. The monoisotopic (exact) mass is 265 g/mol. The molecule has 0 spiro atoms. The van der Waals surface area contributed by atoms with E-state index in [1.54, 1.807) is 13.8 Å². The van der Waals surface area contributed by atoms with Gasteiger partial charge in [-0.25, -0.2) is 0 Å². The topological polar surface area (TPSA) is 67.2 Å². The molecule has 1 amide bonds. The van der Waals surface area contributed by atoms with Crippen molar-refractivity contribution < 1.29 is 9.90 Å². The Kier molecular flexibility index (Phi) is 3.67. The van der Waals surface area contributed by atoms with E-state index in [0.717, 1.165) is 12.2 Å². The average Bonchev–Trinajstić information content (AvgIpc) is 3.02. The molecular formula is C14H23N3O2. The summed E-state index contributed by atoms with van der Waals surface area (Å²) in [6.45, 7) is 8.15. The van der Waals surface area contributed by atoms with Crippen LogP contribution in [-0.2, 0) is 11.3 Å². The Hall–Kier alpha value is -1.36. The molecule has 2 rings (SSSR count). The fraction of sp³-hybridized carbons (Fsp3) is 0.714. The predicted molar refractivity (Wildman–Crippen MR) is 74.2 cm³/mol. The summed E-state index contributed by atoms with van der Waals surface area (Å²) in [5.41, 5.74) is 1.32. The minimum atomic E-state index is -0.994. The quantitative estimate of drug-likeness (QED) is 0.857. The van der Waals surface area contributed by atoms with Gasteiger partial charge in [0.05, 0.1) is 12.0 Å². The number of aromatic nitrogens is 2. The van der Waals surface area contributed by atoms with Crippen molar-refractivity contribution in [1.82, 2.24) is 9.78 Å². The summed E-state index contributed by atoms with van der Waals surface area (Å²) in [7, 11) is 0. The zero-order valence-electron chi connectivity index (χ0n) is 12.2. The second-order valence-corrected chi connectivity index (χ2v) is 5.98. The van der Waals surface area contributed by atoms with E-state index >= 15 is 0 Å². The van der Waals surface area contributed by atoms with E-state index in [4.69, 9.17) is 0 Å². The van der Waals surface area contributed by atoms with Gasteiger partial charge in [-0.05, 0) is 46.5 Å². The number of hydrogen-bond donors (Lipinski definition) is 2. The van der Waals surface area contributed by atoms with Crippen LogP contribution in [0, 0.1) is 6.92 Å². The highest BCUT2D eigenvalue weighted by Crippen LogP contribution is 2.44. The molecule has 1 fully saturated rings. The predicted octanol–water partition coefficient (Wildman–Crippen LogP) is 2.19. The molecule has 1 saturated carbocycles. The number of anilines is 1. The molecule has 0 bridgehead atoms. The first-order chi connectivity index (χ1) is 8.81. The Labute approximate surface area is 114 Å². The summed E-state index contributed by atoms with van der Waals surface area (Å²) >= 11 is 0. The summed E-state index contributed by atoms with van der Waals surface area (Å²) in [4.78, 5) is 11.9. The molecule has 1 aromatic rings. The second-order valence-electron chi connectivity index (χ2n) is 5.98. The largest absolute Gasteiger partial charge is 0.390 e. The normalized spacial score (nSPS) is 15.6. The van der Waals surface area contributed by atoms with E-state index < -0.39 is 5.60 Å². The lowest BCUT2D eigenvalue weighted by Gasteiger charge is -2.15. The van der Waals surface area contributed by atoms with Gasteiger partial charge in [0.1, 0.15) is 0 Å². The van der Waals surface area contributed by atoms with E-state index in [9.17, 15) is 9.90 Å². The molecule has 0 radical (unpaired) electrons. The molecule has 106 valence electrons. The third kappa shape index (κ3) is 3.35.